The molecule has 0 amide bonds. The highest BCUT2D eigenvalue weighted by Gasteiger charge is 2.10. The van der Waals surface area contributed by atoms with Crippen molar-refractivity contribution in [1.29, 1.82) is 0 Å². The number of rotatable bonds is 1. The van der Waals surface area contributed by atoms with Gasteiger partial charge in [0.1, 0.15) is 5.82 Å². The number of nitrogens with one attached hydrogen (secondary N) is 1. The largest absolute Gasteiger partial charge is 0.277 e. The fourth-order valence-corrected chi connectivity index (χ4v) is 2.47. The van der Waals surface area contributed by atoms with Gasteiger partial charge < -0.3 is 0 Å². The van der Waals surface area contributed by atoms with Crippen molar-refractivity contribution in [3.63, 3.8) is 0 Å². The van der Waals surface area contributed by atoms with Crippen LogP contribution in [0.4, 0.5) is 4.39 Å². The van der Waals surface area contributed by atoms with E-state index in [1.807, 2.05) is 24.3 Å². The van der Waals surface area contributed by atoms with Crippen molar-refractivity contribution < 1.29 is 4.39 Å². The standard InChI is InChI=1S/C16H10FN3/c17-11-5-3-10(4-6-11)15-13-7-8-14-12(2-1-9-18-14)16(13)20-19-15/h1-9H,(H,19,20). The molecule has 0 atom stereocenters. The van der Waals surface area contributed by atoms with Gasteiger partial charge in [-0.1, -0.05) is 0 Å². The average molecular weight is 263 g/mol. The maximum atomic E-state index is 13.0. The van der Waals surface area contributed by atoms with E-state index in [4.69, 9.17) is 0 Å². The summed E-state index contributed by atoms with van der Waals surface area (Å²) < 4.78 is 13.0. The molecule has 1 N–H and O–H groups in total. The van der Waals surface area contributed by atoms with Crippen molar-refractivity contribution in [2.24, 2.45) is 0 Å². The highest BCUT2D eigenvalue weighted by Crippen LogP contribution is 2.30. The number of benzene rings is 2. The average Bonchev–Trinajstić information content (AvgIpc) is 2.92. The van der Waals surface area contributed by atoms with Crippen LogP contribution in [0.25, 0.3) is 33.1 Å². The van der Waals surface area contributed by atoms with Crippen LogP contribution in [-0.2, 0) is 0 Å². The number of H-pyrrole nitrogens is 1. The highest BCUT2D eigenvalue weighted by molar-refractivity contribution is 6.08. The third-order valence-corrected chi connectivity index (χ3v) is 3.44. The van der Waals surface area contributed by atoms with Gasteiger partial charge in [-0.15, -0.1) is 0 Å². The SMILES string of the molecule is Fc1ccc(-c2n[nH]c3c2ccc2ncccc23)cc1. The smallest absolute Gasteiger partial charge is 0.123 e. The molecule has 0 aliphatic rings. The normalized spacial score (nSPS) is 11.2. The Bertz CT molecular complexity index is 910. The van der Waals surface area contributed by atoms with Crippen molar-refractivity contribution >= 4 is 21.8 Å². The van der Waals surface area contributed by atoms with Crippen molar-refractivity contribution in [1.82, 2.24) is 15.2 Å². The Kier molecular flexibility index (Phi) is 2.29. The first-order valence-electron chi connectivity index (χ1n) is 6.31. The van der Waals surface area contributed by atoms with Gasteiger partial charge >= 0.3 is 0 Å². The number of pyridine rings is 1. The van der Waals surface area contributed by atoms with Crippen molar-refractivity contribution in [3.8, 4) is 11.3 Å². The molecule has 2 aromatic heterocycles. The Morgan fingerprint density at radius 3 is 2.60 bits per heavy atom. The molecule has 0 saturated carbocycles. The minimum atomic E-state index is -0.247. The van der Waals surface area contributed by atoms with Gasteiger partial charge in [-0.2, -0.15) is 5.10 Å². The minimum Gasteiger partial charge on any atom is -0.277 e. The Labute approximate surface area is 114 Å². The molecular formula is C16H10FN3. The van der Waals surface area contributed by atoms with E-state index >= 15 is 0 Å². The monoisotopic (exact) mass is 263 g/mol. The van der Waals surface area contributed by atoms with Gasteiger partial charge in [0.05, 0.1) is 16.7 Å². The summed E-state index contributed by atoms with van der Waals surface area (Å²) in [5.41, 5.74) is 3.59. The fourth-order valence-electron chi connectivity index (χ4n) is 2.47. The molecule has 0 radical (unpaired) electrons. The first-order chi connectivity index (χ1) is 9.83. The molecule has 96 valence electrons. The molecule has 0 bridgehead atoms. The van der Waals surface area contributed by atoms with Crippen molar-refractivity contribution in [2.75, 3.05) is 0 Å². The van der Waals surface area contributed by atoms with Crippen LogP contribution in [0.5, 0.6) is 0 Å². The molecule has 4 heteroatoms. The first-order valence-corrected chi connectivity index (χ1v) is 6.31. The molecule has 0 spiro atoms. The number of aromatic nitrogens is 3. The summed E-state index contributed by atoms with van der Waals surface area (Å²) in [4.78, 5) is 4.33. The molecule has 20 heavy (non-hydrogen) atoms. The van der Waals surface area contributed by atoms with Crippen LogP contribution in [0.3, 0.4) is 0 Å². The maximum Gasteiger partial charge on any atom is 0.123 e. The molecular weight excluding hydrogens is 253 g/mol. The fraction of sp³-hybridized carbons (Fsp3) is 0. The number of halogens is 1. The van der Waals surface area contributed by atoms with Gasteiger partial charge in [-0.25, -0.2) is 4.39 Å². The number of hydrogen-bond donors (Lipinski definition) is 1. The summed E-state index contributed by atoms with van der Waals surface area (Å²) >= 11 is 0. The van der Waals surface area contributed by atoms with Crippen LogP contribution in [0.2, 0.25) is 0 Å². The minimum absolute atomic E-state index is 0.247. The van der Waals surface area contributed by atoms with Gasteiger partial charge in [-0.05, 0) is 48.5 Å². The van der Waals surface area contributed by atoms with Crippen LogP contribution < -0.4 is 0 Å². The second kappa shape index (κ2) is 4.13. The summed E-state index contributed by atoms with van der Waals surface area (Å²) in [6, 6.07) is 14.2. The van der Waals surface area contributed by atoms with Crippen molar-refractivity contribution in [3.05, 3.63) is 60.5 Å². The zero-order chi connectivity index (χ0) is 13.5. The maximum absolute atomic E-state index is 13.0. The third kappa shape index (κ3) is 1.58. The zero-order valence-electron chi connectivity index (χ0n) is 10.5. The van der Waals surface area contributed by atoms with E-state index in [0.29, 0.717) is 0 Å². The van der Waals surface area contributed by atoms with Crippen LogP contribution in [0, 0.1) is 5.82 Å². The summed E-state index contributed by atoms with van der Waals surface area (Å²) in [7, 11) is 0. The van der Waals surface area contributed by atoms with Gasteiger partial charge in [0.15, 0.2) is 0 Å². The molecule has 2 aromatic carbocycles. The van der Waals surface area contributed by atoms with Gasteiger partial charge in [0.25, 0.3) is 0 Å². The highest BCUT2D eigenvalue weighted by atomic mass is 19.1. The number of aromatic amines is 1. The number of nitrogens with zero attached hydrogens (tertiary/aromatic N) is 2. The van der Waals surface area contributed by atoms with E-state index in [1.165, 1.54) is 12.1 Å². The summed E-state index contributed by atoms with van der Waals surface area (Å²) in [6.07, 6.45) is 1.77. The van der Waals surface area contributed by atoms with Gasteiger partial charge in [-0.3, -0.25) is 10.1 Å². The van der Waals surface area contributed by atoms with Gasteiger partial charge in [0.2, 0.25) is 0 Å². The quantitative estimate of drug-likeness (QED) is 0.565. The Hall–Kier alpha value is -2.75. The van der Waals surface area contributed by atoms with Crippen LogP contribution in [0.1, 0.15) is 0 Å². The molecule has 3 nitrogen and oxygen atoms in total. The molecule has 0 saturated heterocycles. The lowest BCUT2D eigenvalue weighted by atomic mass is 10.1. The Morgan fingerprint density at radius 1 is 0.900 bits per heavy atom. The van der Waals surface area contributed by atoms with E-state index in [2.05, 4.69) is 15.2 Å². The molecule has 0 fully saturated rings. The lowest BCUT2D eigenvalue weighted by molar-refractivity contribution is 0.628. The summed E-state index contributed by atoms with van der Waals surface area (Å²) in [5, 5.41) is 9.48. The van der Waals surface area contributed by atoms with E-state index in [1.54, 1.807) is 18.3 Å². The lowest BCUT2D eigenvalue weighted by Crippen LogP contribution is -1.81. The van der Waals surface area contributed by atoms with E-state index in [0.717, 1.165) is 33.1 Å². The Morgan fingerprint density at radius 2 is 1.75 bits per heavy atom. The predicted molar refractivity (Wildman–Crippen MR) is 76.8 cm³/mol. The Balaban J connectivity index is 2.02. The van der Waals surface area contributed by atoms with Crippen LogP contribution in [-0.4, -0.2) is 15.2 Å². The molecule has 0 aliphatic carbocycles. The lowest BCUT2D eigenvalue weighted by Gasteiger charge is -2.00. The van der Waals surface area contributed by atoms with Crippen LogP contribution in [0.15, 0.2) is 54.7 Å². The second-order valence-electron chi connectivity index (χ2n) is 4.64. The molecule has 4 aromatic rings. The van der Waals surface area contributed by atoms with Crippen molar-refractivity contribution in [2.45, 2.75) is 0 Å². The summed E-state index contributed by atoms with van der Waals surface area (Å²) in [5.74, 6) is -0.247. The van der Waals surface area contributed by atoms with E-state index in [-0.39, 0.29) is 5.82 Å². The van der Waals surface area contributed by atoms with Gasteiger partial charge in [0, 0.05) is 22.5 Å². The molecule has 4 rings (SSSR count). The van der Waals surface area contributed by atoms with E-state index in [9.17, 15) is 4.39 Å². The first kappa shape index (κ1) is 11.1. The third-order valence-electron chi connectivity index (χ3n) is 3.44. The molecule has 0 unspecified atom stereocenters. The zero-order valence-corrected chi connectivity index (χ0v) is 10.5. The predicted octanol–water partition coefficient (Wildman–Crippen LogP) is 3.92. The number of fused-ring (bicyclic) bond motifs is 3. The van der Waals surface area contributed by atoms with Crippen LogP contribution >= 0.6 is 0 Å². The second-order valence-corrected chi connectivity index (χ2v) is 4.64. The molecule has 2 heterocycles. The summed E-state index contributed by atoms with van der Waals surface area (Å²) in [6.45, 7) is 0. The topological polar surface area (TPSA) is 41.6 Å². The molecule has 0 aliphatic heterocycles. The number of hydrogen-bond acceptors (Lipinski definition) is 2. The van der Waals surface area contributed by atoms with E-state index < -0.39 is 0 Å².